The number of hydrogen-bond donors (Lipinski definition) is 2. The number of nitrogens with one attached hydrogen (secondary N) is 1. The van der Waals surface area contributed by atoms with E-state index < -0.39 is 0 Å². The third-order valence-corrected chi connectivity index (χ3v) is 4.17. The average molecular weight is 340 g/mol. The standard InChI is InChI=1S/C15H22BrN3O/c16-12-5-6-14(17)13(11-12)15(20)18-7-10-19-8-3-1-2-4-9-19/h5-6,11H,1-4,7-10,17H2,(H,18,20). The lowest BCUT2D eigenvalue weighted by atomic mass is 10.1. The number of nitrogens with two attached hydrogens (primary N) is 1. The molecule has 1 aromatic rings. The van der Waals surface area contributed by atoms with E-state index in [2.05, 4.69) is 26.1 Å². The Balaban J connectivity index is 1.81. The Kier molecular flexibility index (Phi) is 5.86. The predicted octanol–water partition coefficient (Wildman–Crippen LogP) is 2.64. The minimum Gasteiger partial charge on any atom is -0.398 e. The lowest BCUT2D eigenvalue weighted by Gasteiger charge is -2.19. The summed E-state index contributed by atoms with van der Waals surface area (Å²) in [5.41, 5.74) is 6.89. The summed E-state index contributed by atoms with van der Waals surface area (Å²) in [6, 6.07) is 5.34. The van der Waals surface area contributed by atoms with Crippen LogP contribution in [0.25, 0.3) is 0 Å². The summed E-state index contributed by atoms with van der Waals surface area (Å²) in [6.07, 6.45) is 5.20. The summed E-state index contributed by atoms with van der Waals surface area (Å²) < 4.78 is 0.865. The molecule has 0 bridgehead atoms. The molecule has 0 spiro atoms. The van der Waals surface area contributed by atoms with Gasteiger partial charge in [0.1, 0.15) is 0 Å². The number of anilines is 1. The Hall–Kier alpha value is -1.07. The van der Waals surface area contributed by atoms with E-state index in [1.807, 2.05) is 6.07 Å². The number of carbonyl (C=O) groups is 1. The molecule has 0 aliphatic carbocycles. The Morgan fingerprint density at radius 1 is 1.25 bits per heavy atom. The largest absolute Gasteiger partial charge is 0.398 e. The van der Waals surface area contributed by atoms with E-state index in [4.69, 9.17) is 5.73 Å². The van der Waals surface area contributed by atoms with Gasteiger partial charge in [-0.15, -0.1) is 0 Å². The van der Waals surface area contributed by atoms with Crippen molar-refractivity contribution in [1.82, 2.24) is 10.2 Å². The summed E-state index contributed by atoms with van der Waals surface area (Å²) in [4.78, 5) is 14.5. The van der Waals surface area contributed by atoms with Gasteiger partial charge in [-0.25, -0.2) is 0 Å². The van der Waals surface area contributed by atoms with Gasteiger partial charge in [-0.2, -0.15) is 0 Å². The maximum Gasteiger partial charge on any atom is 0.253 e. The Morgan fingerprint density at radius 2 is 1.95 bits per heavy atom. The van der Waals surface area contributed by atoms with E-state index in [1.54, 1.807) is 12.1 Å². The zero-order valence-corrected chi connectivity index (χ0v) is 13.3. The summed E-state index contributed by atoms with van der Waals surface area (Å²) in [5, 5.41) is 2.95. The maximum absolute atomic E-state index is 12.1. The van der Waals surface area contributed by atoms with E-state index in [-0.39, 0.29) is 5.91 Å². The zero-order chi connectivity index (χ0) is 14.4. The minimum absolute atomic E-state index is 0.0985. The van der Waals surface area contributed by atoms with Crippen LogP contribution >= 0.6 is 15.9 Å². The highest BCUT2D eigenvalue weighted by atomic mass is 79.9. The number of hydrogen-bond acceptors (Lipinski definition) is 3. The van der Waals surface area contributed by atoms with Crippen LogP contribution in [0.1, 0.15) is 36.0 Å². The van der Waals surface area contributed by atoms with Crippen LogP contribution in [-0.4, -0.2) is 37.0 Å². The third-order valence-electron chi connectivity index (χ3n) is 3.67. The molecule has 0 saturated carbocycles. The second-order valence-corrected chi connectivity index (χ2v) is 6.16. The maximum atomic E-state index is 12.1. The van der Waals surface area contributed by atoms with Gasteiger partial charge in [0, 0.05) is 23.2 Å². The molecule has 2 rings (SSSR count). The van der Waals surface area contributed by atoms with E-state index >= 15 is 0 Å². The first kappa shape index (κ1) is 15.3. The smallest absolute Gasteiger partial charge is 0.253 e. The van der Waals surface area contributed by atoms with Gasteiger partial charge in [0.15, 0.2) is 0 Å². The van der Waals surface area contributed by atoms with E-state index in [9.17, 15) is 4.79 Å². The molecular formula is C15H22BrN3O. The highest BCUT2D eigenvalue weighted by Gasteiger charge is 2.12. The van der Waals surface area contributed by atoms with Crippen molar-refractivity contribution >= 4 is 27.5 Å². The number of halogens is 1. The first-order chi connectivity index (χ1) is 9.66. The van der Waals surface area contributed by atoms with Gasteiger partial charge in [-0.05, 0) is 44.1 Å². The number of nitrogens with zero attached hydrogens (tertiary/aromatic N) is 1. The molecule has 1 amide bonds. The van der Waals surface area contributed by atoms with Gasteiger partial charge in [0.05, 0.1) is 5.56 Å². The van der Waals surface area contributed by atoms with Crippen molar-refractivity contribution in [3.8, 4) is 0 Å². The van der Waals surface area contributed by atoms with Crippen LogP contribution in [0.2, 0.25) is 0 Å². The summed E-state index contributed by atoms with van der Waals surface area (Å²) in [5.74, 6) is -0.0985. The zero-order valence-electron chi connectivity index (χ0n) is 11.7. The third kappa shape index (κ3) is 4.49. The van der Waals surface area contributed by atoms with E-state index in [0.29, 0.717) is 17.8 Å². The fourth-order valence-corrected chi connectivity index (χ4v) is 2.87. The minimum atomic E-state index is -0.0985. The van der Waals surface area contributed by atoms with Gasteiger partial charge in [0.25, 0.3) is 5.91 Å². The fraction of sp³-hybridized carbons (Fsp3) is 0.533. The van der Waals surface area contributed by atoms with Crippen LogP contribution in [0.3, 0.4) is 0 Å². The molecule has 1 fully saturated rings. The van der Waals surface area contributed by atoms with Crippen LogP contribution in [0, 0.1) is 0 Å². The Bertz CT molecular complexity index is 456. The van der Waals surface area contributed by atoms with Gasteiger partial charge >= 0.3 is 0 Å². The lowest BCUT2D eigenvalue weighted by molar-refractivity contribution is 0.0949. The molecule has 0 unspecified atom stereocenters. The van der Waals surface area contributed by atoms with Crippen LogP contribution in [0.4, 0.5) is 5.69 Å². The topological polar surface area (TPSA) is 58.4 Å². The van der Waals surface area contributed by atoms with Crippen LogP contribution in [0.5, 0.6) is 0 Å². The second kappa shape index (κ2) is 7.64. The predicted molar refractivity (Wildman–Crippen MR) is 85.8 cm³/mol. The first-order valence-electron chi connectivity index (χ1n) is 7.22. The average Bonchev–Trinajstić information content (AvgIpc) is 2.70. The molecule has 1 aromatic carbocycles. The van der Waals surface area contributed by atoms with Crippen molar-refractivity contribution in [2.24, 2.45) is 0 Å². The van der Waals surface area contributed by atoms with Crippen LogP contribution in [-0.2, 0) is 0 Å². The van der Waals surface area contributed by atoms with Crippen LogP contribution in [0.15, 0.2) is 22.7 Å². The molecule has 1 saturated heterocycles. The first-order valence-corrected chi connectivity index (χ1v) is 8.02. The number of benzene rings is 1. The number of carbonyl (C=O) groups excluding carboxylic acids is 1. The number of likely N-dealkylation sites (tertiary alicyclic amines) is 1. The number of amides is 1. The highest BCUT2D eigenvalue weighted by molar-refractivity contribution is 9.10. The summed E-state index contributed by atoms with van der Waals surface area (Å²) in [7, 11) is 0. The molecule has 4 nitrogen and oxygen atoms in total. The monoisotopic (exact) mass is 339 g/mol. The van der Waals surface area contributed by atoms with E-state index in [0.717, 1.165) is 24.1 Å². The molecular weight excluding hydrogens is 318 g/mol. The SMILES string of the molecule is Nc1ccc(Br)cc1C(=O)NCCN1CCCCCC1. The van der Waals surface area contributed by atoms with Crippen molar-refractivity contribution in [3.63, 3.8) is 0 Å². The van der Waals surface area contributed by atoms with Gasteiger partial charge in [-0.1, -0.05) is 28.8 Å². The molecule has 20 heavy (non-hydrogen) atoms. The highest BCUT2D eigenvalue weighted by Crippen LogP contribution is 2.18. The fourth-order valence-electron chi connectivity index (χ4n) is 2.51. The molecule has 0 aromatic heterocycles. The molecule has 1 aliphatic rings. The van der Waals surface area contributed by atoms with Crippen molar-refractivity contribution in [2.45, 2.75) is 25.7 Å². The van der Waals surface area contributed by atoms with E-state index in [1.165, 1.54) is 25.7 Å². The quantitative estimate of drug-likeness (QED) is 0.829. The van der Waals surface area contributed by atoms with Crippen molar-refractivity contribution in [1.29, 1.82) is 0 Å². The number of rotatable bonds is 4. The molecule has 5 heteroatoms. The second-order valence-electron chi connectivity index (χ2n) is 5.24. The number of nitrogen functional groups attached to an aromatic ring is 1. The van der Waals surface area contributed by atoms with Crippen LogP contribution < -0.4 is 11.1 Å². The van der Waals surface area contributed by atoms with Gasteiger partial charge in [-0.3, -0.25) is 4.79 Å². The molecule has 110 valence electrons. The Morgan fingerprint density at radius 3 is 2.65 bits per heavy atom. The summed E-state index contributed by atoms with van der Waals surface area (Å²) in [6.45, 7) is 3.88. The molecule has 0 atom stereocenters. The molecule has 1 aliphatic heterocycles. The van der Waals surface area contributed by atoms with Crippen molar-refractivity contribution < 1.29 is 4.79 Å². The van der Waals surface area contributed by atoms with Gasteiger partial charge < -0.3 is 16.0 Å². The summed E-state index contributed by atoms with van der Waals surface area (Å²) >= 11 is 3.36. The lowest BCUT2D eigenvalue weighted by Crippen LogP contribution is -2.35. The molecule has 3 N–H and O–H groups in total. The molecule has 1 heterocycles. The van der Waals surface area contributed by atoms with Crippen molar-refractivity contribution in [3.05, 3.63) is 28.2 Å². The Labute approximate surface area is 128 Å². The normalized spacial score (nSPS) is 16.6. The van der Waals surface area contributed by atoms with Crippen molar-refractivity contribution in [2.75, 3.05) is 31.9 Å². The van der Waals surface area contributed by atoms with Gasteiger partial charge in [0.2, 0.25) is 0 Å². The molecule has 0 radical (unpaired) electrons.